The molecular formula is C66H93N7O16Si2. The molecule has 25 heteroatoms. The zero-order valence-corrected chi connectivity index (χ0v) is 57.8. The molecule has 6 atom stereocenters. The topological polar surface area (TPSA) is 263 Å². The molecule has 496 valence electrons. The van der Waals surface area contributed by atoms with Crippen LogP contribution in [0.3, 0.4) is 0 Å². The van der Waals surface area contributed by atoms with Crippen LogP contribution in [0.5, 0.6) is 23.0 Å². The lowest BCUT2D eigenvalue weighted by molar-refractivity contribution is -0.154. The lowest BCUT2D eigenvalue weighted by Crippen LogP contribution is -2.57. The van der Waals surface area contributed by atoms with E-state index in [0.717, 1.165) is 11.1 Å². The fourth-order valence-electron chi connectivity index (χ4n) is 10.5. The third kappa shape index (κ3) is 16.0. The number of amides is 5. The van der Waals surface area contributed by atoms with Gasteiger partial charge in [0.15, 0.2) is 45.9 Å². The second kappa shape index (κ2) is 28.8. The molecule has 3 aromatic carbocycles. The van der Waals surface area contributed by atoms with Crippen LogP contribution < -0.4 is 44.9 Å². The van der Waals surface area contributed by atoms with E-state index >= 15 is 0 Å². The predicted molar refractivity (Wildman–Crippen MR) is 351 cm³/mol. The van der Waals surface area contributed by atoms with Gasteiger partial charge in [-0.3, -0.25) is 24.1 Å². The fraction of sp³-hybridized carbons (Fsp3) is 0.530. The van der Waals surface area contributed by atoms with E-state index in [9.17, 15) is 38.7 Å². The molecule has 0 aliphatic carbocycles. The molecule has 4 aliphatic rings. The van der Waals surface area contributed by atoms with Crippen LogP contribution >= 0.6 is 0 Å². The molecule has 7 rings (SSSR count). The average molecular weight is 1300 g/mol. The lowest BCUT2D eigenvalue weighted by Gasteiger charge is -2.44. The zero-order valence-electron chi connectivity index (χ0n) is 55.8. The lowest BCUT2D eigenvalue weighted by atomic mass is 9.99. The van der Waals surface area contributed by atoms with E-state index in [2.05, 4.69) is 90.5 Å². The predicted octanol–water partition coefficient (Wildman–Crippen LogP) is 11.3. The van der Waals surface area contributed by atoms with E-state index in [1.54, 1.807) is 85.4 Å². The minimum atomic E-state index is -2.60. The van der Waals surface area contributed by atoms with Crippen LogP contribution in [0.4, 0.5) is 26.7 Å². The number of ether oxygens (including phenoxy) is 6. The summed E-state index contributed by atoms with van der Waals surface area (Å²) in [5.74, 6) is -2.49. The Morgan fingerprint density at radius 3 is 1.82 bits per heavy atom. The summed E-state index contributed by atoms with van der Waals surface area (Å²) in [4.78, 5) is 101. The van der Waals surface area contributed by atoms with Gasteiger partial charge in [0.2, 0.25) is 5.91 Å². The highest BCUT2D eigenvalue weighted by molar-refractivity contribution is 6.74. The van der Waals surface area contributed by atoms with Gasteiger partial charge in [0.1, 0.15) is 25.3 Å². The molecule has 0 bridgehead atoms. The third-order valence-corrected chi connectivity index (χ3v) is 26.7. The molecule has 3 aromatic rings. The number of Topliss-reactive ketones (excluding diaryl/α,β-unsaturated/α-hetero) is 1. The number of hydrogen-bond donors (Lipinski definition) is 4. The highest BCUT2D eigenvalue weighted by atomic mass is 28.4. The summed E-state index contributed by atoms with van der Waals surface area (Å²) in [5, 5.41) is 13.1. The van der Waals surface area contributed by atoms with Gasteiger partial charge in [-0.1, -0.05) is 85.8 Å². The second-order valence-corrected chi connectivity index (χ2v) is 36.5. The molecule has 0 saturated carbocycles. The van der Waals surface area contributed by atoms with Gasteiger partial charge in [0, 0.05) is 30.2 Å². The molecule has 91 heavy (non-hydrogen) atoms. The van der Waals surface area contributed by atoms with Crippen LogP contribution in [0, 0.1) is 5.92 Å². The first-order chi connectivity index (χ1) is 42.6. The molecule has 4 aliphatic heterocycles. The highest BCUT2D eigenvalue weighted by Crippen LogP contribution is 2.47. The molecule has 0 saturated heterocycles. The van der Waals surface area contributed by atoms with Crippen LogP contribution in [-0.2, 0) is 39.3 Å². The molecule has 6 unspecified atom stereocenters. The van der Waals surface area contributed by atoms with Gasteiger partial charge in [0.05, 0.1) is 74.7 Å². The van der Waals surface area contributed by atoms with Gasteiger partial charge in [-0.2, -0.15) is 0 Å². The Morgan fingerprint density at radius 1 is 0.736 bits per heavy atom. The first-order valence-electron chi connectivity index (χ1n) is 30.9. The van der Waals surface area contributed by atoms with Crippen molar-refractivity contribution in [3.05, 3.63) is 101 Å². The van der Waals surface area contributed by atoms with Gasteiger partial charge in [-0.15, -0.1) is 0 Å². The first-order valence-corrected chi connectivity index (χ1v) is 36.7. The molecule has 0 radical (unpaired) electrons. The van der Waals surface area contributed by atoms with E-state index in [1.807, 2.05) is 13.8 Å². The minimum Gasteiger partial charge on any atom is -0.493 e. The quantitative estimate of drug-likeness (QED) is 0.0145. The van der Waals surface area contributed by atoms with Gasteiger partial charge < -0.3 is 62.9 Å². The smallest absolute Gasteiger partial charge is 0.414 e. The highest BCUT2D eigenvalue weighted by Gasteiger charge is 2.52. The molecule has 4 N–H and O–H groups in total. The van der Waals surface area contributed by atoms with E-state index in [-0.39, 0.29) is 94.6 Å². The van der Waals surface area contributed by atoms with E-state index in [4.69, 9.17) is 37.3 Å². The van der Waals surface area contributed by atoms with Gasteiger partial charge in [-0.05, 0) is 124 Å². The monoisotopic (exact) mass is 1300 g/mol. The Balaban J connectivity index is 1.04. The number of hydrazine groups is 1. The second-order valence-electron chi connectivity index (χ2n) is 27.0. The number of ketones is 1. The number of carboxylic acid groups (broad SMARTS) is 1. The van der Waals surface area contributed by atoms with Crippen molar-refractivity contribution in [2.75, 3.05) is 55.8 Å². The SMILES string of the molecule is C=CCOC(=O)C(=O)C(NC(=O)C(C)NNc1ccc(COC(=O)N2CC3C(O[Si](C)(C)C(C)(C)C)C(C)=CN3C(=O)c3cc(OC)c(OCCCCCOc4cc5c(cc4OC)C(=O)N4C=C(C)CC4C(O[Si](C)(C)C(C)(C)C)N5C(=O)O)cc32)cc1)C(C)C. The van der Waals surface area contributed by atoms with Crippen LogP contribution in [0.2, 0.25) is 36.3 Å². The van der Waals surface area contributed by atoms with Crippen molar-refractivity contribution in [1.82, 2.24) is 20.5 Å². The summed E-state index contributed by atoms with van der Waals surface area (Å²) in [5.41, 5.74) is 9.61. The van der Waals surface area contributed by atoms with E-state index in [0.29, 0.717) is 42.7 Å². The average Bonchev–Trinajstić information content (AvgIpc) is 1.63. The molecule has 5 amide bonds. The number of anilines is 3. The van der Waals surface area contributed by atoms with Crippen molar-refractivity contribution in [3.63, 3.8) is 0 Å². The minimum absolute atomic E-state index is 0.0170. The van der Waals surface area contributed by atoms with Crippen LogP contribution in [0.15, 0.2) is 84.7 Å². The maximum Gasteiger partial charge on any atom is 0.414 e. The molecule has 0 aromatic heterocycles. The number of fused-ring (bicyclic) bond motifs is 4. The Labute approximate surface area is 536 Å². The van der Waals surface area contributed by atoms with Crippen molar-refractivity contribution in [2.24, 2.45) is 5.92 Å². The summed E-state index contributed by atoms with van der Waals surface area (Å²) < 4.78 is 49.2. The number of carbonyl (C=O) groups is 7. The number of rotatable bonds is 26. The summed E-state index contributed by atoms with van der Waals surface area (Å²) in [7, 11) is -2.09. The van der Waals surface area contributed by atoms with Crippen molar-refractivity contribution in [3.8, 4) is 23.0 Å². The first kappa shape index (κ1) is 70.7. The van der Waals surface area contributed by atoms with Crippen LogP contribution in [0.1, 0.15) is 128 Å². The van der Waals surface area contributed by atoms with Crippen molar-refractivity contribution >= 4 is 75.4 Å². The molecular weight excluding hydrogens is 1200 g/mol. The van der Waals surface area contributed by atoms with Crippen LogP contribution in [-0.4, -0.2) is 150 Å². The molecule has 23 nitrogen and oxygen atoms in total. The molecule has 0 fully saturated rings. The summed E-state index contributed by atoms with van der Waals surface area (Å²) in [6, 6.07) is 10.1. The molecule has 0 spiro atoms. The number of benzene rings is 3. The number of nitrogens with one attached hydrogen (secondary N) is 3. The zero-order chi connectivity index (χ0) is 67.2. The number of methoxy groups -OCH3 is 2. The Bertz CT molecular complexity index is 3300. The number of unbranched alkanes of at least 4 members (excludes halogenated alkanes) is 2. The third-order valence-electron chi connectivity index (χ3n) is 17.8. The van der Waals surface area contributed by atoms with Crippen molar-refractivity contribution in [1.29, 1.82) is 0 Å². The van der Waals surface area contributed by atoms with Gasteiger partial charge in [0.25, 0.3) is 17.6 Å². The van der Waals surface area contributed by atoms with Crippen LogP contribution in [0.25, 0.3) is 0 Å². The van der Waals surface area contributed by atoms with Crippen molar-refractivity contribution < 1.29 is 75.9 Å². The number of hydrogen-bond acceptors (Lipinski definition) is 17. The summed E-state index contributed by atoms with van der Waals surface area (Å²) in [6.07, 6.45) is 3.59. The van der Waals surface area contributed by atoms with E-state index in [1.165, 1.54) is 36.2 Å². The Hall–Kier alpha value is -7.72. The normalized spacial score (nSPS) is 18.9. The molecule has 4 heterocycles. The summed E-state index contributed by atoms with van der Waals surface area (Å²) >= 11 is 0. The van der Waals surface area contributed by atoms with Gasteiger partial charge >= 0.3 is 18.2 Å². The maximum absolute atomic E-state index is 14.8. The maximum atomic E-state index is 14.8. The number of carbonyl (C=O) groups excluding carboxylic acids is 6. The standard InChI is InChI=1S/C66H93N7O16Si2/c1-19-27-86-62(78)56(74)55(39(2)3)67-58(75)42(6)68-69-44-25-23-43(24-26-44)38-87-64(81)72-37-50-57(88-90(15,16)65(7,8)9)41(5)36-71(50)59(76)45-31-51(82-13)53(33-47(45)72)84-28-21-20-22-29-85-54-34-48-46(32-52(54)83-14)60(77)70-35-40(4)30-49(70)61(73(48)63(79)80)89-91(17,18)66(10,11)12/h19,23-26,31-36,39,42,49-50,55,57,61,68-69H,1,20-22,27-30,37-38H2,2-18H3,(H,67,75)(H,79,80). The largest absolute Gasteiger partial charge is 0.493 e. The Kier molecular flexibility index (Phi) is 22.4. The number of esters is 1. The number of nitrogens with zero attached hydrogens (tertiary/aromatic N) is 4. The van der Waals surface area contributed by atoms with E-state index < -0.39 is 88.9 Å². The summed E-state index contributed by atoms with van der Waals surface area (Å²) in [6.45, 7) is 33.6. The fourth-order valence-corrected chi connectivity index (χ4v) is 13.0. The Morgan fingerprint density at radius 2 is 1.29 bits per heavy atom. The van der Waals surface area contributed by atoms with Crippen molar-refractivity contribution in [2.45, 2.75) is 181 Å². The van der Waals surface area contributed by atoms with Gasteiger partial charge in [-0.25, -0.2) is 24.7 Å².